The number of aryl methyl sites for hydroxylation is 1. The van der Waals surface area contributed by atoms with Crippen LogP contribution in [0.25, 0.3) is 11.7 Å². The minimum atomic E-state index is -0.149. The van der Waals surface area contributed by atoms with Crippen LogP contribution in [0.4, 0.5) is 5.82 Å². The van der Waals surface area contributed by atoms with E-state index in [9.17, 15) is 9.59 Å². The number of carbonyl (C=O) groups is 1. The molecule has 6 nitrogen and oxygen atoms in total. The summed E-state index contributed by atoms with van der Waals surface area (Å²) in [6.07, 6.45) is 9.06. The molecule has 8 heteroatoms. The molecule has 194 valence electrons. The number of pyridine rings is 1. The van der Waals surface area contributed by atoms with Gasteiger partial charge in [-0.05, 0) is 55.2 Å². The summed E-state index contributed by atoms with van der Waals surface area (Å²) in [5, 5.41) is 0. The largest absolute Gasteiger partial charge is 0.355 e. The Kier molecular flexibility index (Phi) is 8.56. The highest BCUT2D eigenvalue weighted by Gasteiger charge is 2.34. The summed E-state index contributed by atoms with van der Waals surface area (Å²) in [4.78, 5) is 36.7. The molecule has 3 atom stereocenters. The molecule has 0 aromatic carbocycles. The van der Waals surface area contributed by atoms with E-state index in [0.29, 0.717) is 50.6 Å². The average Bonchev–Trinajstić information content (AvgIpc) is 3.10. The third kappa shape index (κ3) is 5.54. The van der Waals surface area contributed by atoms with Crippen LogP contribution in [0.3, 0.4) is 0 Å². The first-order valence-corrected chi connectivity index (χ1v) is 14.5. The fourth-order valence-electron chi connectivity index (χ4n) is 5.47. The fraction of sp³-hybridized carbons (Fsp3) is 0.571. The number of rotatable bonds is 8. The van der Waals surface area contributed by atoms with E-state index in [1.807, 2.05) is 19.1 Å². The lowest BCUT2D eigenvalue weighted by atomic mass is 9.91. The first kappa shape index (κ1) is 26.9. The minimum Gasteiger partial charge on any atom is -0.355 e. The van der Waals surface area contributed by atoms with Crippen LogP contribution in [0, 0.1) is 24.7 Å². The standard InChI is InChI=1S/C28H38N4O2S2/c1-6-8-11-21(7-2)17-32-27(34)23(36-28(32)35)14-22-25(30-15-18(3)13-19(4)16-30)29-24-20(5)10-9-12-31(24)26(22)33/h9-10,12,14,18-19,21H,6-8,11,13,15-17H2,1-5H3/b23-14-/t18-,19-,21+/m0/s1. The molecule has 2 aliphatic rings. The summed E-state index contributed by atoms with van der Waals surface area (Å²) >= 11 is 6.92. The molecular formula is C28H38N4O2S2. The Labute approximate surface area is 224 Å². The van der Waals surface area contributed by atoms with Crippen LogP contribution in [0.2, 0.25) is 0 Å². The molecule has 0 spiro atoms. The van der Waals surface area contributed by atoms with Gasteiger partial charge >= 0.3 is 0 Å². The van der Waals surface area contributed by atoms with Crippen LogP contribution < -0.4 is 10.5 Å². The maximum Gasteiger partial charge on any atom is 0.267 e. The van der Waals surface area contributed by atoms with Crippen molar-refractivity contribution in [3.05, 3.63) is 44.7 Å². The number of amides is 1. The number of carbonyl (C=O) groups excluding carboxylic acids is 1. The van der Waals surface area contributed by atoms with Gasteiger partial charge < -0.3 is 4.90 Å². The summed E-state index contributed by atoms with van der Waals surface area (Å²) in [6.45, 7) is 13.1. The predicted octanol–water partition coefficient (Wildman–Crippen LogP) is 5.90. The monoisotopic (exact) mass is 526 g/mol. The van der Waals surface area contributed by atoms with Gasteiger partial charge in [-0.15, -0.1) is 0 Å². The number of piperidine rings is 1. The summed E-state index contributed by atoms with van der Waals surface area (Å²) in [5.41, 5.74) is 1.93. The smallest absolute Gasteiger partial charge is 0.267 e. The van der Waals surface area contributed by atoms with Crippen molar-refractivity contribution in [3.63, 3.8) is 0 Å². The van der Waals surface area contributed by atoms with Gasteiger partial charge in [0, 0.05) is 25.8 Å². The van der Waals surface area contributed by atoms with Crippen molar-refractivity contribution in [2.75, 3.05) is 24.5 Å². The Bertz CT molecular complexity index is 1230. The van der Waals surface area contributed by atoms with E-state index >= 15 is 0 Å². The number of aromatic nitrogens is 2. The lowest BCUT2D eigenvalue weighted by Gasteiger charge is -2.36. The van der Waals surface area contributed by atoms with E-state index in [4.69, 9.17) is 17.2 Å². The zero-order valence-corrected chi connectivity index (χ0v) is 23.8. The first-order valence-electron chi connectivity index (χ1n) is 13.3. The number of unbranched alkanes of at least 4 members (excludes halogenated alkanes) is 1. The molecule has 2 aromatic heterocycles. The number of thiocarbonyl (C=S) groups is 1. The lowest BCUT2D eigenvalue weighted by molar-refractivity contribution is -0.122. The van der Waals surface area contributed by atoms with E-state index < -0.39 is 0 Å². The van der Waals surface area contributed by atoms with E-state index in [0.717, 1.165) is 50.8 Å². The fourth-order valence-corrected chi connectivity index (χ4v) is 6.72. The second-order valence-electron chi connectivity index (χ2n) is 10.6. The molecule has 0 unspecified atom stereocenters. The average molecular weight is 527 g/mol. The molecule has 0 N–H and O–H groups in total. The summed E-state index contributed by atoms with van der Waals surface area (Å²) in [5.74, 6) is 2.01. The number of hydrogen-bond acceptors (Lipinski definition) is 6. The molecular weight excluding hydrogens is 488 g/mol. The van der Waals surface area contributed by atoms with Crippen LogP contribution in [0.1, 0.15) is 70.9 Å². The molecule has 36 heavy (non-hydrogen) atoms. The summed E-state index contributed by atoms with van der Waals surface area (Å²) in [7, 11) is 0. The maximum atomic E-state index is 13.8. The predicted molar refractivity (Wildman–Crippen MR) is 155 cm³/mol. The van der Waals surface area contributed by atoms with Crippen molar-refractivity contribution in [2.45, 2.75) is 66.7 Å². The Morgan fingerprint density at radius 3 is 2.61 bits per heavy atom. The highest BCUT2D eigenvalue weighted by molar-refractivity contribution is 8.26. The van der Waals surface area contributed by atoms with Crippen molar-refractivity contribution in [3.8, 4) is 0 Å². The lowest BCUT2D eigenvalue weighted by Crippen LogP contribution is -2.40. The Balaban J connectivity index is 1.76. The van der Waals surface area contributed by atoms with Gasteiger partial charge in [0.1, 0.15) is 15.8 Å². The normalized spacial score (nSPS) is 22.8. The van der Waals surface area contributed by atoms with E-state index in [1.54, 1.807) is 21.6 Å². The summed E-state index contributed by atoms with van der Waals surface area (Å²) < 4.78 is 2.17. The number of thioether (sulfide) groups is 1. The van der Waals surface area contributed by atoms with E-state index in [-0.39, 0.29) is 11.5 Å². The molecule has 2 fully saturated rings. The van der Waals surface area contributed by atoms with Crippen LogP contribution in [-0.2, 0) is 4.79 Å². The molecule has 1 amide bonds. The molecule has 0 bridgehead atoms. The number of nitrogens with zero attached hydrogens (tertiary/aromatic N) is 4. The molecule has 2 aromatic rings. The van der Waals surface area contributed by atoms with Gasteiger partial charge in [-0.25, -0.2) is 4.98 Å². The molecule has 4 rings (SSSR count). The zero-order chi connectivity index (χ0) is 26.0. The Morgan fingerprint density at radius 2 is 1.94 bits per heavy atom. The third-order valence-electron chi connectivity index (χ3n) is 7.37. The Morgan fingerprint density at radius 1 is 1.22 bits per heavy atom. The van der Waals surface area contributed by atoms with Gasteiger partial charge in [-0.2, -0.15) is 0 Å². The molecule has 2 aliphatic heterocycles. The van der Waals surface area contributed by atoms with Gasteiger partial charge in [0.05, 0.1) is 10.5 Å². The number of fused-ring (bicyclic) bond motifs is 1. The molecule has 4 heterocycles. The highest BCUT2D eigenvalue weighted by Crippen LogP contribution is 2.35. The quantitative estimate of drug-likeness (QED) is 0.315. The van der Waals surface area contributed by atoms with Crippen LogP contribution in [-0.4, -0.2) is 44.1 Å². The van der Waals surface area contributed by atoms with E-state index in [1.165, 1.54) is 11.8 Å². The SMILES string of the molecule is CCCC[C@@H](CC)CN1C(=O)/C(=C/c2c(N3C[C@@H](C)C[C@H](C)C3)nc3c(C)cccn3c2=O)SC1=S. The molecule has 0 radical (unpaired) electrons. The van der Waals surface area contributed by atoms with Gasteiger partial charge in [-0.1, -0.05) is 77.0 Å². The van der Waals surface area contributed by atoms with Gasteiger partial charge in [0.2, 0.25) is 0 Å². The maximum absolute atomic E-state index is 13.8. The second kappa shape index (κ2) is 11.5. The topological polar surface area (TPSA) is 57.9 Å². The van der Waals surface area contributed by atoms with Crippen molar-refractivity contribution in [1.29, 1.82) is 0 Å². The zero-order valence-electron chi connectivity index (χ0n) is 22.1. The number of anilines is 1. The van der Waals surface area contributed by atoms with Gasteiger partial charge in [-0.3, -0.25) is 18.9 Å². The number of hydrogen-bond donors (Lipinski definition) is 0. The third-order valence-corrected chi connectivity index (χ3v) is 8.74. The highest BCUT2D eigenvalue weighted by atomic mass is 32.2. The molecule has 0 aliphatic carbocycles. The van der Waals surface area contributed by atoms with Crippen molar-refractivity contribution < 1.29 is 4.79 Å². The van der Waals surface area contributed by atoms with Crippen LogP contribution in [0.5, 0.6) is 0 Å². The minimum absolute atomic E-state index is 0.0972. The molecule has 2 saturated heterocycles. The van der Waals surface area contributed by atoms with Crippen molar-refractivity contribution in [1.82, 2.24) is 14.3 Å². The second-order valence-corrected chi connectivity index (χ2v) is 12.3. The van der Waals surface area contributed by atoms with Crippen LogP contribution >= 0.6 is 24.0 Å². The van der Waals surface area contributed by atoms with Gasteiger partial charge in [0.25, 0.3) is 11.5 Å². The van der Waals surface area contributed by atoms with E-state index in [2.05, 4.69) is 32.6 Å². The van der Waals surface area contributed by atoms with Gasteiger partial charge in [0.15, 0.2) is 0 Å². The van der Waals surface area contributed by atoms with Crippen molar-refractivity contribution in [2.24, 2.45) is 17.8 Å². The summed E-state index contributed by atoms with van der Waals surface area (Å²) in [6, 6.07) is 3.83. The first-order chi connectivity index (χ1) is 17.2. The molecule has 0 saturated carbocycles. The Hall–Kier alpha value is -2.19. The van der Waals surface area contributed by atoms with Crippen molar-refractivity contribution >= 4 is 51.7 Å². The van der Waals surface area contributed by atoms with Crippen LogP contribution in [0.15, 0.2) is 28.0 Å².